The lowest BCUT2D eigenvalue weighted by Crippen LogP contribution is -2.22. The Kier molecular flexibility index (Phi) is 4.02. The molecule has 0 heterocycles. The number of carbonyl (C=O) groups is 1. The van der Waals surface area contributed by atoms with Gasteiger partial charge in [0.25, 0.3) is 0 Å². The van der Waals surface area contributed by atoms with Gasteiger partial charge in [0, 0.05) is 17.3 Å². The molecule has 3 nitrogen and oxygen atoms in total. The first kappa shape index (κ1) is 12.0. The zero-order valence-electron chi connectivity index (χ0n) is 10.1. The third-order valence-corrected chi connectivity index (χ3v) is 3.40. The smallest absolute Gasteiger partial charge is 0.227 e. The molecule has 1 aromatic rings. The van der Waals surface area contributed by atoms with Gasteiger partial charge in [0.1, 0.15) is 0 Å². The minimum Gasteiger partial charge on any atom is -0.399 e. The second kappa shape index (κ2) is 5.71. The fourth-order valence-corrected chi connectivity index (χ4v) is 2.35. The lowest BCUT2D eigenvalue weighted by atomic mass is 9.99. The van der Waals surface area contributed by atoms with Gasteiger partial charge in [-0.1, -0.05) is 25.7 Å². The van der Waals surface area contributed by atoms with Crippen LogP contribution in [0.5, 0.6) is 0 Å². The van der Waals surface area contributed by atoms with Gasteiger partial charge >= 0.3 is 0 Å². The first-order valence-electron chi connectivity index (χ1n) is 6.42. The van der Waals surface area contributed by atoms with Crippen LogP contribution in [0.4, 0.5) is 11.4 Å². The lowest BCUT2D eigenvalue weighted by molar-refractivity contribution is -0.120. The summed E-state index contributed by atoms with van der Waals surface area (Å²) in [6.07, 6.45) is 6.96. The first-order valence-corrected chi connectivity index (χ1v) is 6.42. The summed E-state index contributed by atoms with van der Waals surface area (Å²) in [4.78, 5) is 12.1. The van der Waals surface area contributed by atoms with Crippen LogP contribution in [0.15, 0.2) is 24.3 Å². The van der Waals surface area contributed by atoms with Crippen LogP contribution >= 0.6 is 0 Å². The van der Waals surface area contributed by atoms with Crippen molar-refractivity contribution in [2.75, 3.05) is 11.1 Å². The van der Waals surface area contributed by atoms with E-state index in [2.05, 4.69) is 5.32 Å². The highest BCUT2D eigenvalue weighted by molar-refractivity contribution is 5.92. The standard InChI is InChI=1S/C14H20N2O/c15-12-7-9-13(10-8-12)16-14(17)11-5-3-1-2-4-6-11/h7-11H,1-6,15H2,(H,16,17). The zero-order valence-corrected chi connectivity index (χ0v) is 10.1. The molecule has 1 amide bonds. The second-order valence-electron chi connectivity index (χ2n) is 4.80. The van der Waals surface area contributed by atoms with Gasteiger partial charge in [-0.3, -0.25) is 4.79 Å². The molecule has 0 spiro atoms. The van der Waals surface area contributed by atoms with E-state index in [0.717, 1.165) is 24.2 Å². The zero-order chi connectivity index (χ0) is 12.1. The molecule has 17 heavy (non-hydrogen) atoms. The Morgan fingerprint density at radius 3 is 2.24 bits per heavy atom. The second-order valence-corrected chi connectivity index (χ2v) is 4.80. The highest BCUT2D eigenvalue weighted by atomic mass is 16.1. The van der Waals surface area contributed by atoms with Gasteiger partial charge in [-0.05, 0) is 37.1 Å². The molecule has 3 N–H and O–H groups in total. The van der Waals surface area contributed by atoms with Crippen LogP contribution < -0.4 is 11.1 Å². The maximum Gasteiger partial charge on any atom is 0.227 e. The Labute approximate surface area is 102 Å². The van der Waals surface area contributed by atoms with Gasteiger partial charge in [0.2, 0.25) is 5.91 Å². The fourth-order valence-electron chi connectivity index (χ4n) is 2.35. The molecule has 0 aromatic heterocycles. The van der Waals surface area contributed by atoms with Crippen LogP contribution in [0.25, 0.3) is 0 Å². The van der Waals surface area contributed by atoms with Gasteiger partial charge in [-0.2, -0.15) is 0 Å². The normalized spacial score (nSPS) is 17.4. The van der Waals surface area contributed by atoms with Crippen molar-refractivity contribution in [1.29, 1.82) is 0 Å². The van der Waals surface area contributed by atoms with Crippen molar-refractivity contribution >= 4 is 17.3 Å². The Hall–Kier alpha value is -1.51. The number of hydrogen-bond acceptors (Lipinski definition) is 2. The molecule has 1 fully saturated rings. The lowest BCUT2D eigenvalue weighted by Gasteiger charge is -2.14. The molecule has 0 saturated heterocycles. The van der Waals surface area contributed by atoms with Crippen LogP contribution in [-0.2, 0) is 4.79 Å². The molecule has 1 aliphatic rings. The third kappa shape index (κ3) is 3.48. The van der Waals surface area contributed by atoms with Crippen molar-refractivity contribution in [1.82, 2.24) is 0 Å². The number of carbonyl (C=O) groups excluding carboxylic acids is 1. The summed E-state index contributed by atoms with van der Waals surface area (Å²) in [5, 5.41) is 2.97. The van der Waals surface area contributed by atoms with Crippen LogP contribution in [-0.4, -0.2) is 5.91 Å². The summed E-state index contributed by atoms with van der Waals surface area (Å²) in [6.45, 7) is 0. The Bertz CT molecular complexity index is 364. The fraction of sp³-hybridized carbons (Fsp3) is 0.500. The number of hydrogen-bond donors (Lipinski definition) is 2. The SMILES string of the molecule is Nc1ccc(NC(=O)C2CCCCCC2)cc1. The molecule has 92 valence electrons. The number of nitrogen functional groups attached to an aromatic ring is 1. The van der Waals surface area contributed by atoms with E-state index in [1.165, 1.54) is 25.7 Å². The largest absolute Gasteiger partial charge is 0.399 e. The van der Waals surface area contributed by atoms with Crippen LogP contribution in [0.2, 0.25) is 0 Å². The van der Waals surface area contributed by atoms with Crippen LogP contribution in [0, 0.1) is 5.92 Å². The molecule has 0 radical (unpaired) electrons. The van der Waals surface area contributed by atoms with Crippen molar-refractivity contribution in [2.45, 2.75) is 38.5 Å². The molecule has 1 aliphatic carbocycles. The van der Waals surface area contributed by atoms with Crippen molar-refractivity contribution in [3.8, 4) is 0 Å². The Balaban J connectivity index is 1.93. The Morgan fingerprint density at radius 1 is 1.06 bits per heavy atom. The molecular formula is C14H20N2O. The van der Waals surface area contributed by atoms with E-state index in [-0.39, 0.29) is 11.8 Å². The summed E-state index contributed by atoms with van der Waals surface area (Å²) < 4.78 is 0. The molecule has 0 bridgehead atoms. The van der Waals surface area contributed by atoms with E-state index in [0.29, 0.717) is 0 Å². The number of nitrogens with two attached hydrogens (primary N) is 1. The predicted molar refractivity (Wildman–Crippen MR) is 70.7 cm³/mol. The summed E-state index contributed by atoms with van der Waals surface area (Å²) in [5.74, 6) is 0.353. The van der Waals surface area contributed by atoms with Gasteiger partial charge in [-0.15, -0.1) is 0 Å². The first-order chi connectivity index (χ1) is 8.25. The molecule has 1 aromatic carbocycles. The van der Waals surface area contributed by atoms with Crippen molar-refractivity contribution in [3.05, 3.63) is 24.3 Å². The topological polar surface area (TPSA) is 55.1 Å². The highest BCUT2D eigenvalue weighted by Gasteiger charge is 2.19. The molecule has 2 rings (SSSR count). The maximum absolute atomic E-state index is 12.1. The molecule has 0 atom stereocenters. The number of nitrogens with one attached hydrogen (secondary N) is 1. The maximum atomic E-state index is 12.1. The van der Waals surface area contributed by atoms with E-state index in [1.807, 2.05) is 24.3 Å². The van der Waals surface area contributed by atoms with Crippen molar-refractivity contribution < 1.29 is 4.79 Å². The van der Waals surface area contributed by atoms with E-state index in [1.54, 1.807) is 0 Å². The van der Waals surface area contributed by atoms with Crippen molar-refractivity contribution in [2.24, 2.45) is 5.92 Å². The predicted octanol–water partition coefficient (Wildman–Crippen LogP) is 3.18. The van der Waals surface area contributed by atoms with E-state index < -0.39 is 0 Å². The number of amides is 1. The van der Waals surface area contributed by atoms with Gasteiger partial charge in [0.05, 0.1) is 0 Å². The van der Waals surface area contributed by atoms with Gasteiger partial charge in [0.15, 0.2) is 0 Å². The van der Waals surface area contributed by atoms with Crippen LogP contribution in [0.1, 0.15) is 38.5 Å². The molecular weight excluding hydrogens is 212 g/mol. The summed E-state index contributed by atoms with van der Waals surface area (Å²) in [7, 11) is 0. The van der Waals surface area contributed by atoms with Crippen molar-refractivity contribution in [3.63, 3.8) is 0 Å². The number of anilines is 2. The van der Waals surface area contributed by atoms with Crippen LogP contribution in [0.3, 0.4) is 0 Å². The minimum absolute atomic E-state index is 0.164. The number of benzene rings is 1. The molecule has 0 aliphatic heterocycles. The molecule has 1 saturated carbocycles. The monoisotopic (exact) mass is 232 g/mol. The summed E-state index contributed by atoms with van der Waals surface area (Å²) >= 11 is 0. The third-order valence-electron chi connectivity index (χ3n) is 3.40. The molecule has 3 heteroatoms. The average Bonchev–Trinajstić information content (AvgIpc) is 2.61. The minimum atomic E-state index is 0.164. The van der Waals surface area contributed by atoms with E-state index >= 15 is 0 Å². The summed E-state index contributed by atoms with van der Waals surface area (Å²) in [6, 6.07) is 7.32. The van der Waals surface area contributed by atoms with E-state index in [4.69, 9.17) is 5.73 Å². The van der Waals surface area contributed by atoms with Gasteiger partial charge < -0.3 is 11.1 Å². The Morgan fingerprint density at radius 2 is 1.65 bits per heavy atom. The summed E-state index contributed by atoms with van der Waals surface area (Å²) in [5.41, 5.74) is 7.17. The quantitative estimate of drug-likeness (QED) is 0.608. The van der Waals surface area contributed by atoms with E-state index in [9.17, 15) is 4.79 Å². The number of rotatable bonds is 2. The van der Waals surface area contributed by atoms with Gasteiger partial charge in [-0.25, -0.2) is 0 Å². The molecule has 0 unspecified atom stereocenters. The highest BCUT2D eigenvalue weighted by Crippen LogP contribution is 2.24. The average molecular weight is 232 g/mol.